The summed E-state index contributed by atoms with van der Waals surface area (Å²) in [5.74, 6) is 1.47. The van der Waals surface area contributed by atoms with Crippen molar-refractivity contribution < 1.29 is 4.79 Å². The molecule has 0 saturated carbocycles. The Morgan fingerprint density at radius 1 is 1.53 bits per heavy atom. The highest BCUT2D eigenvalue weighted by Crippen LogP contribution is 2.26. The third-order valence-corrected chi connectivity index (χ3v) is 3.92. The molecule has 1 amide bonds. The van der Waals surface area contributed by atoms with Crippen molar-refractivity contribution in [1.29, 1.82) is 0 Å². The Labute approximate surface area is 98.0 Å². The van der Waals surface area contributed by atoms with E-state index in [1.54, 1.807) is 0 Å². The van der Waals surface area contributed by atoms with Gasteiger partial charge in [-0.15, -0.1) is 11.6 Å². The Balaban J connectivity index is 2.60. The molecule has 0 aromatic rings. The highest BCUT2D eigenvalue weighted by molar-refractivity contribution is 6.18. The Kier molecular flexibility index (Phi) is 4.45. The van der Waals surface area contributed by atoms with Gasteiger partial charge in [0.1, 0.15) is 0 Å². The van der Waals surface area contributed by atoms with Crippen LogP contribution in [0.2, 0.25) is 0 Å². The Bertz CT molecular complexity index is 228. The van der Waals surface area contributed by atoms with Crippen LogP contribution in [0.25, 0.3) is 0 Å². The molecule has 1 heterocycles. The molecule has 1 atom stereocenters. The van der Waals surface area contributed by atoms with E-state index in [0.29, 0.717) is 17.7 Å². The van der Waals surface area contributed by atoms with Crippen LogP contribution in [-0.2, 0) is 4.79 Å². The molecule has 0 aliphatic carbocycles. The molecule has 0 radical (unpaired) electrons. The number of nitrogens with zero attached hydrogens (tertiary/aromatic N) is 1. The summed E-state index contributed by atoms with van der Waals surface area (Å²) in [6, 6.07) is 0. The van der Waals surface area contributed by atoms with Crippen LogP contribution >= 0.6 is 11.6 Å². The van der Waals surface area contributed by atoms with Gasteiger partial charge in [0.25, 0.3) is 0 Å². The summed E-state index contributed by atoms with van der Waals surface area (Å²) in [5, 5.41) is 0. The first-order valence-electron chi connectivity index (χ1n) is 5.86. The summed E-state index contributed by atoms with van der Waals surface area (Å²) < 4.78 is 0. The molecule has 1 unspecified atom stereocenters. The molecule has 0 spiro atoms. The maximum Gasteiger partial charge on any atom is 0.228 e. The fourth-order valence-electron chi connectivity index (χ4n) is 1.95. The van der Waals surface area contributed by atoms with E-state index in [9.17, 15) is 4.79 Å². The highest BCUT2D eigenvalue weighted by Gasteiger charge is 2.32. The van der Waals surface area contributed by atoms with E-state index in [1.807, 2.05) is 18.7 Å². The molecule has 0 bridgehead atoms. The van der Waals surface area contributed by atoms with Gasteiger partial charge in [-0.1, -0.05) is 20.8 Å². The van der Waals surface area contributed by atoms with Crippen molar-refractivity contribution in [3.63, 3.8) is 0 Å². The lowest BCUT2D eigenvalue weighted by atomic mass is 9.87. The van der Waals surface area contributed by atoms with Gasteiger partial charge in [-0.25, -0.2) is 0 Å². The predicted molar refractivity (Wildman–Crippen MR) is 64.1 cm³/mol. The minimum absolute atomic E-state index is 0.214. The quantitative estimate of drug-likeness (QED) is 0.684. The summed E-state index contributed by atoms with van der Waals surface area (Å²) in [7, 11) is 0. The zero-order valence-corrected chi connectivity index (χ0v) is 10.8. The van der Waals surface area contributed by atoms with E-state index in [4.69, 9.17) is 11.6 Å². The first kappa shape index (κ1) is 12.8. The van der Waals surface area contributed by atoms with Gasteiger partial charge in [-0.05, 0) is 25.2 Å². The lowest BCUT2D eigenvalue weighted by molar-refractivity contribution is -0.142. The molecule has 15 heavy (non-hydrogen) atoms. The Morgan fingerprint density at radius 3 is 2.73 bits per heavy atom. The molecule has 1 aliphatic heterocycles. The second kappa shape index (κ2) is 5.20. The molecule has 1 saturated heterocycles. The van der Waals surface area contributed by atoms with Crippen LogP contribution in [0.15, 0.2) is 0 Å². The topological polar surface area (TPSA) is 20.3 Å². The number of hydrogen-bond acceptors (Lipinski definition) is 1. The van der Waals surface area contributed by atoms with Gasteiger partial charge < -0.3 is 4.90 Å². The number of alkyl halides is 1. The SMILES string of the molecule is CCC(C)(C)C(=O)N1CCCC(CCl)C1. The molecule has 0 aromatic carbocycles. The van der Waals surface area contributed by atoms with Crippen LogP contribution in [0.4, 0.5) is 0 Å². The standard InChI is InChI=1S/C12H22ClNO/c1-4-12(2,3)11(15)14-7-5-6-10(8-13)9-14/h10H,4-9H2,1-3H3. The normalized spacial score (nSPS) is 22.9. The van der Waals surface area contributed by atoms with E-state index in [-0.39, 0.29) is 5.41 Å². The maximum atomic E-state index is 12.2. The number of piperidine rings is 1. The smallest absolute Gasteiger partial charge is 0.228 e. The molecule has 1 fully saturated rings. The first-order valence-corrected chi connectivity index (χ1v) is 6.40. The number of rotatable bonds is 3. The minimum Gasteiger partial charge on any atom is -0.342 e. The van der Waals surface area contributed by atoms with Crippen molar-refractivity contribution in [2.75, 3.05) is 19.0 Å². The summed E-state index contributed by atoms with van der Waals surface area (Å²) in [6.07, 6.45) is 3.16. The zero-order valence-electron chi connectivity index (χ0n) is 10.1. The van der Waals surface area contributed by atoms with Crippen molar-refractivity contribution >= 4 is 17.5 Å². The van der Waals surface area contributed by atoms with Gasteiger partial charge >= 0.3 is 0 Å². The van der Waals surface area contributed by atoms with E-state index < -0.39 is 0 Å². The summed E-state index contributed by atoms with van der Waals surface area (Å²) in [4.78, 5) is 14.2. The average molecular weight is 232 g/mol. The number of carbonyl (C=O) groups is 1. The molecular formula is C12H22ClNO. The third-order valence-electron chi connectivity index (χ3n) is 3.49. The van der Waals surface area contributed by atoms with E-state index >= 15 is 0 Å². The maximum absolute atomic E-state index is 12.2. The van der Waals surface area contributed by atoms with Crippen LogP contribution in [-0.4, -0.2) is 29.8 Å². The fraction of sp³-hybridized carbons (Fsp3) is 0.917. The van der Waals surface area contributed by atoms with Crippen LogP contribution in [0.3, 0.4) is 0 Å². The first-order chi connectivity index (χ1) is 7.01. The van der Waals surface area contributed by atoms with Crippen LogP contribution in [0.1, 0.15) is 40.0 Å². The number of halogens is 1. The second-order valence-electron chi connectivity index (χ2n) is 5.15. The molecule has 0 aromatic heterocycles. The molecular weight excluding hydrogens is 210 g/mol. The number of carbonyl (C=O) groups excluding carboxylic acids is 1. The summed E-state index contributed by atoms with van der Waals surface area (Å²) in [5.41, 5.74) is -0.214. The predicted octanol–water partition coefficient (Wildman–Crippen LogP) is 2.90. The highest BCUT2D eigenvalue weighted by atomic mass is 35.5. The molecule has 1 rings (SSSR count). The third kappa shape index (κ3) is 3.10. The van der Waals surface area contributed by atoms with Crippen molar-refractivity contribution in [1.82, 2.24) is 4.90 Å². The molecule has 2 nitrogen and oxygen atoms in total. The Hall–Kier alpha value is -0.240. The van der Waals surface area contributed by atoms with Crippen LogP contribution < -0.4 is 0 Å². The number of hydrogen-bond donors (Lipinski definition) is 0. The molecule has 1 aliphatic rings. The fourth-order valence-corrected chi connectivity index (χ4v) is 2.21. The Morgan fingerprint density at radius 2 is 2.20 bits per heavy atom. The monoisotopic (exact) mass is 231 g/mol. The van der Waals surface area contributed by atoms with Gasteiger partial charge in [0, 0.05) is 24.4 Å². The van der Waals surface area contributed by atoms with Gasteiger partial charge in [0.05, 0.1) is 0 Å². The minimum atomic E-state index is -0.214. The van der Waals surface area contributed by atoms with E-state index in [0.717, 1.165) is 25.9 Å². The molecule has 3 heteroatoms. The van der Waals surface area contributed by atoms with E-state index in [2.05, 4.69) is 6.92 Å². The lowest BCUT2D eigenvalue weighted by Crippen LogP contribution is -2.46. The van der Waals surface area contributed by atoms with Crippen LogP contribution in [0, 0.1) is 11.3 Å². The average Bonchev–Trinajstić information content (AvgIpc) is 2.28. The lowest BCUT2D eigenvalue weighted by Gasteiger charge is -2.36. The molecule has 88 valence electrons. The van der Waals surface area contributed by atoms with Crippen LogP contribution in [0.5, 0.6) is 0 Å². The van der Waals surface area contributed by atoms with Crippen molar-refractivity contribution in [3.8, 4) is 0 Å². The van der Waals surface area contributed by atoms with E-state index in [1.165, 1.54) is 6.42 Å². The van der Waals surface area contributed by atoms with Gasteiger partial charge in [-0.3, -0.25) is 4.79 Å². The number of likely N-dealkylation sites (tertiary alicyclic amines) is 1. The van der Waals surface area contributed by atoms with Crippen molar-refractivity contribution in [2.24, 2.45) is 11.3 Å². The van der Waals surface area contributed by atoms with Gasteiger partial charge in [0.15, 0.2) is 0 Å². The number of amides is 1. The summed E-state index contributed by atoms with van der Waals surface area (Å²) >= 11 is 5.86. The van der Waals surface area contributed by atoms with Gasteiger partial charge in [0.2, 0.25) is 5.91 Å². The van der Waals surface area contributed by atoms with Crippen molar-refractivity contribution in [2.45, 2.75) is 40.0 Å². The van der Waals surface area contributed by atoms with Gasteiger partial charge in [-0.2, -0.15) is 0 Å². The zero-order chi connectivity index (χ0) is 11.5. The molecule has 0 N–H and O–H groups in total. The van der Waals surface area contributed by atoms with Crippen molar-refractivity contribution in [3.05, 3.63) is 0 Å². The summed E-state index contributed by atoms with van der Waals surface area (Å²) in [6.45, 7) is 7.89. The second-order valence-corrected chi connectivity index (χ2v) is 5.46. The largest absolute Gasteiger partial charge is 0.342 e.